The van der Waals surface area contributed by atoms with Crippen molar-refractivity contribution < 1.29 is 23.2 Å². The quantitative estimate of drug-likeness (QED) is 0.668. The molecular formula is C23H20F3N3O2. The molecule has 0 bridgehead atoms. The van der Waals surface area contributed by atoms with Gasteiger partial charge in [0.05, 0.1) is 35.1 Å². The van der Waals surface area contributed by atoms with Crippen LogP contribution in [0.4, 0.5) is 24.5 Å². The van der Waals surface area contributed by atoms with E-state index >= 15 is 0 Å². The van der Waals surface area contributed by atoms with E-state index in [1.54, 1.807) is 12.3 Å². The first kappa shape index (κ1) is 20.9. The largest absolute Gasteiger partial charge is 0.416 e. The van der Waals surface area contributed by atoms with Gasteiger partial charge in [0.25, 0.3) is 0 Å². The van der Waals surface area contributed by atoms with Crippen molar-refractivity contribution in [2.75, 3.05) is 5.32 Å². The molecular weight excluding hydrogens is 407 g/mol. The highest BCUT2D eigenvalue weighted by Crippen LogP contribution is 2.39. The average molecular weight is 427 g/mol. The third-order valence-electron chi connectivity index (χ3n) is 5.28. The Labute approximate surface area is 177 Å². The highest BCUT2D eigenvalue weighted by atomic mass is 19.4. The Morgan fingerprint density at radius 2 is 1.94 bits per heavy atom. The molecule has 0 saturated heterocycles. The van der Waals surface area contributed by atoms with Gasteiger partial charge in [-0.1, -0.05) is 24.3 Å². The van der Waals surface area contributed by atoms with Gasteiger partial charge in [0.15, 0.2) is 0 Å². The molecule has 0 aliphatic carbocycles. The highest BCUT2D eigenvalue weighted by Gasteiger charge is 2.34. The molecule has 2 N–H and O–H groups in total. The fourth-order valence-electron chi connectivity index (χ4n) is 3.64. The van der Waals surface area contributed by atoms with Crippen LogP contribution in [0.1, 0.15) is 35.6 Å². The van der Waals surface area contributed by atoms with Crippen LogP contribution >= 0.6 is 0 Å². The van der Waals surface area contributed by atoms with Crippen molar-refractivity contribution in [2.24, 2.45) is 4.99 Å². The molecule has 2 aromatic carbocycles. The van der Waals surface area contributed by atoms with Crippen LogP contribution in [0.25, 0.3) is 5.57 Å². The van der Waals surface area contributed by atoms with E-state index in [1.807, 2.05) is 37.3 Å². The molecule has 1 amide bonds. The number of amides is 1. The number of benzene rings is 2. The van der Waals surface area contributed by atoms with Crippen molar-refractivity contribution in [3.8, 4) is 0 Å². The Morgan fingerprint density at radius 3 is 2.65 bits per heavy atom. The average Bonchev–Trinajstić information content (AvgIpc) is 2.86. The van der Waals surface area contributed by atoms with E-state index in [2.05, 4.69) is 10.3 Å². The van der Waals surface area contributed by atoms with Crippen molar-refractivity contribution in [1.29, 1.82) is 0 Å². The molecule has 0 aromatic heterocycles. The normalized spacial score (nSPS) is 18.7. The molecule has 0 fully saturated rings. The Balaban J connectivity index is 1.76. The molecule has 2 heterocycles. The van der Waals surface area contributed by atoms with E-state index < -0.39 is 17.6 Å². The van der Waals surface area contributed by atoms with Gasteiger partial charge in [0.2, 0.25) is 5.91 Å². The van der Waals surface area contributed by atoms with Gasteiger partial charge in [-0.05, 0) is 60.4 Å². The van der Waals surface area contributed by atoms with Crippen molar-refractivity contribution in [3.63, 3.8) is 0 Å². The Bertz CT molecular complexity index is 1150. The zero-order valence-electron chi connectivity index (χ0n) is 16.9. The molecule has 160 valence electrons. The summed E-state index contributed by atoms with van der Waals surface area (Å²) in [4.78, 5) is 16.9. The van der Waals surface area contributed by atoms with Crippen LogP contribution in [0.3, 0.4) is 0 Å². The standard InChI is InChI=1S/C23H20F3N3O2/c1-13-8-20-21(11-18(13)23(24,25)26)28-22(30)12-19(27-20)17-5-3-4-15(10-17)16-6-7-29(31)14(2)9-16/h3-11,14,31H,12H2,1-2H3,(H,28,30). The number of halogens is 3. The summed E-state index contributed by atoms with van der Waals surface area (Å²) in [6.45, 7) is 3.22. The highest BCUT2D eigenvalue weighted by molar-refractivity contribution is 6.17. The minimum atomic E-state index is -4.51. The van der Waals surface area contributed by atoms with E-state index in [1.165, 1.54) is 13.0 Å². The predicted octanol–water partition coefficient (Wildman–Crippen LogP) is 5.47. The maximum Gasteiger partial charge on any atom is 0.416 e. The fourth-order valence-corrected chi connectivity index (χ4v) is 3.64. The second kappa shape index (κ2) is 7.70. The van der Waals surface area contributed by atoms with Crippen molar-refractivity contribution in [3.05, 3.63) is 77.0 Å². The number of aliphatic imine (C=N–C) groups is 1. The van der Waals surface area contributed by atoms with Gasteiger partial charge in [-0.3, -0.25) is 20.1 Å². The summed E-state index contributed by atoms with van der Waals surface area (Å²) in [5, 5.41) is 13.4. The Kier molecular flexibility index (Phi) is 5.18. The number of carbonyl (C=O) groups excluding carboxylic acids is 1. The van der Waals surface area contributed by atoms with Crippen molar-refractivity contribution >= 4 is 28.6 Å². The van der Waals surface area contributed by atoms with Gasteiger partial charge in [0, 0.05) is 6.20 Å². The lowest BCUT2D eigenvalue weighted by Crippen LogP contribution is -2.24. The molecule has 31 heavy (non-hydrogen) atoms. The molecule has 2 aromatic rings. The van der Waals surface area contributed by atoms with E-state index in [0.29, 0.717) is 11.3 Å². The summed E-state index contributed by atoms with van der Waals surface area (Å²) in [6, 6.07) is 9.52. The number of hydroxylamine groups is 2. The number of hydrogen-bond acceptors (Lipinski definition) is 4. The lowest BCUT2D eigenvalue weighted by Gasteiger charge is -2.23. The number of anilines is 1. The summed E-state index contributed by atoms with van der Waals surface area (Å²) in [6.07, 6.45) is 0.671. The van der Waals surface area contributed by atoms with Gasteiger partial charge in [-0.25, -0.2) is 0 Å². The second-order valence-electron chi connectivity index (χ2n) is 7.60. The smallest absolute Gasteiger partial charge is 0.324 e. The van der Waals surface area contributed by atoms with Crippen LogP contribution in [-0.4, -0.2) is 27.9 Å². The summed E-state index contributed by atoms with van der Waals surface area (Å²) >= 11 is 0. The van der Waals surface area contributed by atoms with E-state index in [-0.39, 0.29) is 29.4 Å². The van der Waals surface area contributed by atoms with Crippen LogP contribution in [0.5, 0.6) is 0 Å². The molecule has 0 radical (unpaired) electrons. The number of carbonyl (C=O) groups is 1. The first-order valence-electron chi connectivity index (χ1n) is 9.69. The minimum absolute atomic E-state index is 0.0410. The molecule has 0 saturated carbocycles. The SMILES string of the molecule is Cc1cc2c(cc1C(F)(F)F)NC(=O)CC(c1cccc(C3=CC(C)N(O)C=C3)c1)=N2. The van der Waals surface area contributed by atoms with Gasteiger partial charge in [-0.15, -0.1) is 0 Å². The third-order valence-corrected chi connectivity index (χ3v) is 5.28. The number of hydrogen-bond donors (Lipinski definition) is 2. The number of rotatable bonds is 2. The lowest BCUT2D eigenvalue weighted by atomic mass is 9.97. The first-order chi connectivity index (χ1) is 14.6. The number of alkyl halides is 3. The number of nitrogens with zero attached hydrogens (tertiary/aromatic N) is 2. The van der Waals surface area contributed by atoms with Crippen LogP contribution < -0.4 is 5.32 Å². The maximum atomic E-state index is 13.3. The van der Waals surface area contributed by atoms with Gasteiger partial charge < -0.3 is 5.32 Å². The summed E-state index contributed by atoms with van der Waals surface area (Å²) in [5.41, 5.74) is 2.53. The molecule has 0 spiro atoms. The first-order valence-corrected chi connectivity index (χ1v) is 9.69. The lowest BCUT2D eigenvalue weighted by molar-refractivity contribution is -0.138. The van der Waals surface area contributed by atoms with Crippen molar-refractivity contribution in [2.45, 2.75) is 32.5 Å². The Hall–Kier alpha value is -3.39. The summed E-state index contributed by atoms with van der Waals surface area (Å²) in [7, 11) is 0. The topological polar surface area (TPSA) is 64.9 Å². The number of aryl methyl sites for hydroxylation is 1. The predicted molar refractivity (Wildman–Crippen MR) is 112 cm³/mol. The molecule has 2 aliphatic heterocycles. The zero-order valence-corrected chi connectivity index (χ0v) is 16.9. The van der Waals surface area contributed by atoms with E-state index in [0.717, 1.165) is 22.3 Å². The summed E-state index contributed by atoms with van der Waals surface area (Å²) < 4.78 is 39.8. The molecule has 1 unspecified atom stereocenters. The van der Waals surface area contributed by atoms with Crippen LogP contribution in [0, 0.1) is 6.92 Å². The molecule has 2 aliphatic rings. The van der Waals surface area contributed by atoms with Crippen LogP contribution in [0.15, 0.2) is 59.7 Å². The number of nitrogens with one attached hydrogen (secondary N) is 1. The number of allylic oxidation sites excluding steroid dienone is 2. The van der Waals surface area contributed by atoms with Gasteiger partial charge in [-0.2, -0.15) is 13.2 Å². The van der Waals surface area contributed by atoms with Crippen LogP contribution in [0.2, 0.25) is 0 Å². The van der Waals surface area contributed by atoms with Gasteiger partial charge in [0.1, 0.15) is 0 Å². The summed E-state index contributed by atoms with van der Waals surface area (Å²) in [5.74, 6) is -0.429. The van der Waals surface area contributed by atoms with Crippen LogP contribution in [-0.2, 0) is 11.0 Å². The molecule has 4 rings (SSSR count). The third kappa shape index (κ3) is 4.25. The molecule has 1 atom stereocenters. The van der Waals surface area contributed by atoms with E-state index in [9.17, 15) is 23.2 Å². The monoisotopic (exact) mass is 427 g/mol. The minimum Gasteiger partial charge on any atom is -0.324 e. The molecule has 8 heteroatoms. The van der Waals surface area contributed by atoms with E-state index in [4.69, 9.17) is 0 Å². The number of fused-ring (bicyclic) bond motifs is 1. The molecule has 5 nitrogen and oxygen atoms in total. The Morgan fingerprint density at radius 1 is 1.19 bits per heavy atom. The second-order valence-corrected chi connectivity index (χ2v) is 7.60. The van der Waals surface area contributed by atoms with Gasteiger partial charge >= 0.3 is 6.18 Å². The van der Waals surface area contributed by atoms with Crippen molar-refractivity contribution in [1.82, 2.24) is 5.06 Å². The maximum absolute atomic E-state index is 13.3. The fraction of sp³-hybridized carbons (Fsp3) is 0.217. The zero-order chi connectivity index (χ0) is 22.3.